The number of hydrazine groups is 1. The Kier molecular flexibility index (Phi) is 5.95. The number of nitrogens with one attached hydrogen (secondary N) is 3. The second kappa shape index (κ2) is 8.02. The number of nitrogens with zero attached hydrogens (tertiary/aromatic N) is 1. The molecule has 0 aromatic carbocycles. The van der Waals surface area contributed by atoms with Gasteiger partial charge in [0, 0.05) is 4.88 Å². The van der Waals surface area contributed by atoms with Crippen LogP contribution < -0.4 is 16.2 Å². The lowest BCUT2D eigenvalue weighted by atomic mass is 9.64. The predicted octanol–water partition coefficient (Wildman–Crippen LogP) is 2.52. The van der Waals surface area contributed by atoms with Crippen LogP contribution in [0.4, 0.5) is 4.79 Å². The highest BCUT2D eigenvalue weighted by Crippen LogP contribution is 2.46. The van der Waals surface area contributed by atoms with Crippen LogP contribution >= 0.6 is 11.3 Å². The summed E-state index contributed by atoms with van der Waals surface area (Å²) in [5, 5.41) is 2.84. The maximum Gasteiger partial charge on any atom is 0.325 e. The van der Waals surface area contributed by atoms with Crippen molar-refractivity contribution in [3.63, 3.8) is 0 Å². The zero-order valence-electron chi connectivity index (χ0n) is 18.2. The van der Waals surface area contributed by atoms with Crippen molar-refractivity contribution in [2.24, 2.45) is 11.3 Å². The fourth-order valence-corrected chi connectivity index (χ4v) is 6.01. The molecule has 1 saturated carbocycles. The van der Waals surface area contributed by atoms with Crippen molar-refractivity contribution >= 4 is 35.1 Å². The summed E-state index contributed by atoms with van der Waals surface area (Å²) in [6.45, 7) is 9.76. The van der Waals surface area contributed by atoms with Gasteiger partial charge in [0.15, 0.2) is 0 Å². The Labute approximate surface area is 180 Å². The lowest BCUT2D eigenvalue weighted by molar-refractivity contribution is -0.137. The van der Waals surface area contributed by atoms with Gasteiger partial charge >= 0.3 is 6.03 Å². The van der Waals surface area contributed by atoms with Crippen molar-refractivity contribution in [1.82, 2.24) is 21.1 Å². The third kappa shape index (κ3) is 4.35. The van der Waals surface area contributed by atoms with Gasteiger partial charge in [-0.2, -0.15) is 0 Å². The minimum Gasteiger partial charge on any atom is -0.323 e. The van der Waals surface area contributed by atoms with E-state index in [0.717, 1.165) is 28.2 Å². The topological polar surface area (TPSA) is 108 Å². The van der Waals surface area contributed by atoms with Gasteiger partial charge in [-0.25, -0.2) is 4.79 Å². The molecule has 1 aromatic rings. The summed E-state index contributed by atoms with van der Waals surface area (Å²) in [7, 11) is 0. The molecule has 1 spiro atoms. The van der Waals surface area contributed by atoms with Crippen LogP contribution in [0.2, 0.25) is 0 Å². The molecule has 2 aliphatic rings. The molecule has 1 aliphatic heterocycles. The van der Waals surface area contributed by atoms with Crippen LogP contribution in [0, 0.1) is 18.3 Å². The summed E-state index contributed by atoms with van der Waals surface area (Å²) in [6, 6.07) is 1.21. The minimum absolute atomic E-state index is 0.0803. The van der Waals surface area contributed by atoms with Crippen LogP contribution in [-0.4, -0.2) is 40.7 Å². The number of thiophene rings is 1. The largest absolute Gasteiger partial charge is 0.325 e. The van der Waals surface area contributed by atoms with E-state index in [1.807, 2.05) is 13.8 Å². The molecule has 3 N–H and O–H groups in total. The van der Waals surface area contributed by atoms with E-state index in [-0.39, 0.29) is 17.2 Å². The third-order valence-corrected chi connectivity index (χ3v) is 7.19. The fourth-order valence-electron chi connectivity index (χ4n) is 5.00. The Morgan fingerprint density at radius 1 is 1.27 bits per heavy atom. The van der Waals surface area contributed by atoms with E-state index in [0.29, 0.717) is 17.7 Å². The number of rotatable bonds is 4. The molecular weight excluding hydrogens is 404 g/mol. The highest BCUT2D eigenvalue weighted by atomic mass is 32.1. The number of amides is 5. The zero-order valence-corrected chi connectivity index (χ0v) is 19.0. The molecule has 164 valence electrons. The number of hydrogen-bond donors (Lipinski definition) is 3. The van der Waals surface area contributed by atoms with Gasteiger partial charge in [0.2, 0.25) is 0 Å². The molecule has 30 heavy (non-hydrogen) atoms. The summed E-state index contributed by atoms with van der Waals surface area (Å²) in [6.07, 6.45) is 2.92. The normalized spacial score (nSPS) is 25.4. The van der Waals surface area contributed by atoms with Gasteiger partial charge in [-0.15, -0.1) is 11.3 Å². The number of aryl methyl sites for hydroxylation is 2. The molecule has 2 fully saturated rings. The molecule has 0 unspecified atom stereocenters. The Morgan fingerprint density at radius 2 is 1.97 bits per heavy atom. The number of urea groups is 1. The summed E-state index contributed by atoms with van der Waals surface area (Å²) in [5.41, 5.74) is 4.67. The van der Waals surface area contributed by atoms with Gasteiger partial charge in [0.25, 0.3) is 17.7 Å². The molecule has 8 nitrogen and oxygen atoms in total. The van der Waals surface area contributed by atoms with E-state index >= 15 is 0 Å². The van der Waals surface area contributed by atoms with Gasteiger partial charge in [-0.05, 0) is 55.6 Å². The number of carbonyl (C=O) groups excluding carboxylic acids is 4. The zero-order chi connectivity index (χ0) is 22.3. The Hall–Kier alpha value is -2.42. The fraction of sp³-hybridized carbons (Fsp3) is 0.619. The first-order valence-electron chi connectivity index (χ1n) is 10.3. The van der Waals surface area contributed by atoms with Gasteiger partial charge in [0.05, 0.1) is 4.88 Å². The van der Waals surface area contributed by atoms with Crippen LogP contribution in [0.1, 0.15) is 67.1 Å². The average Bonchev–Trinajstić information content (AvgIpc) is 3.11. The maximum atomic E-state index is 13.1. The quantitative estimate of drug-likeness (QED) is 0.500. The van der Waals surface area contributed by atoms with E-state index in [4.69, 9.17) is 0 Å². The van der Waals surface area contributed by atoms with E-state index in [1.165, 1.54) is 11.3 Å². The Balaban J connectivity index is 1.60. The van der Waals surface area contributed by atoms with Crippen molar-refractivity contribution in [3.8, 4) is 0 Å². The summed E-state index contributed by atoms with van der Waals surface area (Å²) in [5.74, 6) is -1.13. The van der Waals surface area contributed by atoms with Gasteiger partial charge in [-0.3, -0.25) is 30.1 Å². The highest BCUT2D eigenvalue weighted by Gasteiger charge is 2.56. The molecule has 0 radical (unpaired) electrons. The van der Waals surface area contributed by atoms with Gasteiger partial charge in [-0.1, -0.05) is 27.7 Å². The van der Waals surface area contributed by atoms with Gasteiger partial charge < -0.3 is 5.32 Å². The van der Waals surface area contributed by atoms with Crippen molar-refractivity contribution < 1.29 is 19.2 Å². The van der Waals surface area contributed by atoms with Crippen molar-refractivity contribution in [3.05, 3.63) is 21.4 Å². The molecule has 3 rings (SSSR count). The average molecular weight is 435 g/mol. The first kappa shape index (κ1) is 22.3. The molecule has 0 bridgehead atoms. The summed E-state index contributed by atoms with van der Waals surface area (Å²) in [4.78, 5) is 52.7. The molecule has 1 aliphatic carbocycles. The predicted molar refractivity (Wildman–Crippen MR) is 114 cm³/mol. The van der Waals surface area contributed by atoms with Crippen molar-refractivity contribution in [2.75, 3.05) is 6.54 Å². The molecular formula is C21H30N4O4S. The monoisotopic (exact) mass is 434 g/mol. The Morgan fingerprint density at radius 3 is 2.57 bits per heavy atom. The van der Waals surface area contributed by atoms with E-state index in [9.17, 15) is 19.2 Å². The first-order valence-corrected chi connectivity index (χ1v) is 11.1. The smallest absolute Gasteiger partial charge is 0.323 e. The van der Waals surface area contributed by atoms with Crippen LogP contribution in [0.25, 0.3) is 0 Å². The third-order valence-electron chi connectivity index (χ3n) is 5.81. The van der Waals surface area contributed by atoms with Crippen molar-refractivity contribution in [2.45, 2.75) is 65.8 Å². The van der Waals surface area contributed by atoms with Crippen LogP contribution in [0.3, 0.4) is 0 Å². The molecule has 1 saturated heterocycles. The SMILES string of the molecule is CCc1sc(C(=O)NNC(=O)CN2C(=O)N[C@@]3(C[C@@H](C)CC(C)(C)C3)C2=O)cc1C. The van der Waals surface area contributed by atoms with Crippen molar-refractivity contribution in [1.29, 1.82) is 0 Å². The molecule has 1 aromatic heterocycles. The van der Waals surface area contributed by atoms with E-state index in [2.05, 4.69) is 36.9 Å². The first-order chi connectivity index (χ1) is 14.0. The highest BCUT2D eigenvalue weighted by molar-refractivity contribution is 7.14. The number of hydrogen-bond acceptors (Lipinski definition) is 5. The summed E-state index contributed by atoms with van der Waals surface area (Å²) >= 11 is 1.38. The van der Waals surface area contributed by atoms with Gasteiger partial charge in [0.1, 0.15) is 12.1 Å². The molecule has 9 heteroatoms. The van der Waals surface area contributed by atoms with Crippen LogP contribution in [0.5, 0.6) is 0 Å². The Bertz CT molecular complexity index is 894. The van der Waals surface area contributed by atoms with Crippen LogP contribution in [-0.2, 0) is 16.0 Å². The lowest BCUT2D eigenvalue weighted by Gasteiger charge is -2.43. The molecule has 2 heterocycles. The second-order valence-corrected chi connectivity index (χ2v) is 10.5. The van der Waals surface area contributed by atoms with Crippen LogP contribution in [0.15, 0.2) is 6.07 Å². The molecule has 5 amide bonds. The standard InChI is InChI=1S/C21H30N4O4S/c1-6-14-13(3)7-15(30-14)17(27)24-23-16(26)10-25-18(28)21(22-19(25)29)9-12(2)8-20(4,5)11-21/h7,12H,6,8-11H2,1-5H3,(H,22,29)(H,23,26)(H,24,27)/t12-,21+/m0/s1. The maximum absolute atomic E-state index is 13.1. The molecule has 2 atom stereocenters. The number of carbonyl (C=O) groups is 4. The lowest BCUT2D eigenvalue weighted by Crippen LogP contribution is -2.54. The second-order valence-electron chi connectivity index (χ2n) is 9.33. The number of imide groups is 1. The summed E-state index contributed by atoms with van der Waals surface area (Å²) < 4.78 is 0. The minimum atomic E-state index is -0.952. The van der Waals surface area contributed by atoms with E-state index in [1.54, 1.807) is 6.07 Å². The van der Waals surface area contributed by atoms with E-state index < -0.39 is 29.9 Å².